The molecule has 3 heteroatoms. The third kappa shape index (κ3) is 1.71. The minimum Gasteiger partial charge on any atom is -0.213 e. The van der Waals surface area contributed by atoms with Gasteiger partial charge in [0.25, 0.3) is 0 Å². The van der Waals surface area contributed by atoms with Crippen LogP contribution in [0.2, 0.25) is 0 Å². The lowest BCUT2D eigenvalue weighted by Crippen LogP contribution is -1.89. The van der Waals surface area contributed by atoms with Crippen molar-refractivity contribution < 1.29 is 0 Å². The minimum absolute atomic E-state index is 0.973. The van der Waals surface area contributed by atoms with Gasteiger partial charge in [0.2, 0.25) is 0 Å². The van der Waals surface area contributed by atoms with E-state index in [1.807, 2.05) is 32.1 Å². The number of hydrogen-bond donors (Lipinski definition) is 0. The molecule has 2 heterocycles. The van der Waals surface area contributed by atoms with E-state index in [0.717, 1.165) is 5.69 Å². The van der Waals surface area contributed by atoms with Crippen LogP contribution in [-0.4, -0.2) is 15.0 Å². The van der Waals surface area contributed by atoms with Gasteiger partial charge in [0.15, 0.2) is 0 Å². The highest BCUT2D eigenvalue weighted by atomic mass is 15.4. The second kappa shape index (κ2) is 4.31. The van der Waals surface area contributed by atoms with Gasteiger partial charge in [-0.25, -0.2) is 4.68 Å². The molecule has 12 heavy (non-hydrogen) atoms. The lowest BCUT2D eigenvalue weighted by atomic mass is 10.4. The Morgan fingerprint density at radius 2 is 2.25 bits per heavy atom. The third-order valence-electron chi connectivity index (χ3n) is 1.26. The van der Waals surface area contributed by atoms with Crippen molar-refractivity contribution in [2.75, 3.05) is 0 Å². The Labute approximate surface area is 71.7 Å². The van der Waals surface area contributed by atoms with Crippen molar-refractivity contribution in [1.29, 1.82) is 0 Å². The Kier molecular flexibility index (Phi) is 3.05. The molecule has 0 saturated carbocycles. The zero-order valence-corrected chi connectivity index (χ0v) is 7.23. The number of nitrogens with zero attached hydrogens (tertiary/aromatic N) is 3. The zero-order chi connectivity index (χ0) is 8.81. The summed E-state index contributed by atoms with van der Waals surface area (Å²) in [6, 6.07) is 0. The van der Waals surface area contributed by atoms with Gasteiger partial charge in [0.05, 0.1) is 18.1 Å². The van der Waals surface area contributed by atoms with E-state index < -0.39 is 0 Å². The van der Waals surface area contributed by atoms with Gasteiger partial charge < -0.3 is 0 Å². The number of allylic oxidation sites excluding steroid dienone is 2. The minimum atomic E-state index is 0.973. The SMILES string of the molecule is C1=CC=Cc2cnnn2C=1.CC. The van der Waals surface area contributed by atoms with Gasteiger partial charge in [-0.3, -0.25) is 0 Å². The normalized spacial score (nSPS) is 11.5. The smallest absolute Gasteiger partial charge is 0.0872 e. The molecule has 1 aliphatic heterocycles. The second-order valence-corrected chi connectivity index (χ2v) is 1.92. The van der Waals surface area contributed by atoms with Crippen LogP contribution in [0.3, 0.4) is 0 Å². The maximum atomic E-state index is 3.79. The van der Waals surface area contributed by atoms with Gasteiger partial charge in [-0.1, -0.05) is 25.1 Å². The average molecular weight is 161 g/mol. The summed E-state index contributed by atoms with van der Waals surface area (Å²) in [4.78, 5) is 0. The van der Waals surface area contributed by atoms with Crippen molar-refractivity contribution in [2.24, 2.45) is 0 Å². The first-order valence-corrected chi connectivity index (χ1v) is 3.96. The van der Waals surface area contributed by atoms with Crippen LogP contribution in [0, 0.1) is 0 Å². The van der Waals surface area contributed by atoms with Crippen LogP contribution in [0.1, 0.15) is 19.5 Å². The van der Waals surface area contributed by atoms with Crippen LogP contribution in [-0.2, 0) is 0 Å². The highest BCUT2D eigenvalue weighted by Gasteiger charge is 1.95. The predicted octanol–water partition coefficient (Wildman–Crippen LogP) is 1.96. The van der Waals surface area contributed by atoms with E-state index in [9.17, 15) is 0 Å². The summed E-state index contributed by atoms with van der Waals surface area (Å²) >= 11 is 0. The Morgan fingerprint density at radius 3 is 3.08 bits per heavy atom. The molecule has 1 aliphatic rings. The first-order chi connectivity index (χ1) is 5.97. The van der Waals surface area contributed by atoms with E-state index >= 15 is 0 Å². The molecule has 1 aromatic heterocycles. The molecule has 0 atom stereocenters. The van der Waals surface area contributed by atoms with Gasteiger partial charge in [0.1, 0.15) is 0 Å². The summed E-state index contributed by atoms with van der Waals surface area (Å²) in [5.41, 5.74) is 3.89. The van der Waals surface area contributed by atoms with Gasteiger partial charge in [0, 0.05) is 0 Å². The van der Waals surface area contributed by atoms with Crippen molar-refractivity contribution in [3.63, 3.8) is 0 Å². The lowest BCUT2D eigenvalue weighted by Gasteiger charge is -1.87. The summed E-state index contributed by atoms with van der Waals surface area (Å²) < 4.78 is 1.67. The molecule has 0 N–H and O–H groups in total. The van der Waals surface area contributed by atoms with Gasteiger partial charge in [-0.15, -0.1) is 10.8 Å². The van der Waals surface area contributed by atoms with Crippen molar-refractivity contribution in [1.82, 2.24) is 15.0 Å². The second-order valence-electron chi connectivity index (χ2n) is 1.92. The molecule has 1 aromatic rings. The molecule has 0 bridgehead atoms. The molecular formula is C9H11N3. The third-order valence-corrected chi connectivity index (χ3v) is 1.26. The van der Waals surface area contributed by atoms with Crippen molar-refractivity contribution in [3.8, 4) is 0 Å². The van der Waals surface area contributed by atoms with Crippen LogP contribution in [0.15, 0.2) is 24.1 Å². The fraction of sp³-hybridized carbons (Fsp3) is 0.222. The summed E-state index contributed by atoms with van der Waals surface area (Å²) in [6.45, 7) is 4.00. The summed E-state index contributed by atoms with van der Waals surface area (Å²) in [5, 5.41) is 7.52. The van der Waals surface area contributed by atoms with E-state index in [2.05, 4.69) is 16.0 Å². The first kappa shape index (κ1) is 8.50. The maximum Gasteiger partial charge on any atom is 0.0872 e. The fourth-order valence-electron chi connectivity index (χ4n) is 0.787. The molecule has 0 fully saturated rings. The molecular weight excluding hydrogens is 150 g/mol. The molecule has 0 saturated heterocycles. The molecule has 0 aromatic carbocycles. The Balaban J connectivity index is 0.000000336. The number of hydrogen-bond acceptors (Lipinski definition) is 2. The van der Waals surface area contributed by atoms with Crippen molar-refractivity contribution in [3.05, 3.63) is 29.8 Å². The highest BCUT2D eigenvalue weighted by molar-refractivity contribution is 5.50. The summed E-state index contributed by atoms with van der Waals surface area (Å²) in [6.07, 6.45) is 9.10. The number of fused-ring (bicyclic) bond motifs is 1. The van der Waals surface area contributed by atoms with Crippen LogP contribution in [0.5, 0.6) is 0 Å². The van der Waals surface area contributed by atoms with E-state index in [1.54, 1.807) is 17.1 Å². The molecule has 2 rings (SSSR count). The first-order valence-electron chi connectivity index (χ1n) is 3.96. The monoisotopic (exact) mass is 161 g/mol. The maximum absolute atomic E-state index is 3.79. The Morgan fingerprint density at radius 1 is 1.42 bits per heavy atom. The topological polar surface area (TPSA) is 30.7 Å². The fourth-order valence-corrected chi connectivity index (χ4v) is 0.787. The molecule has 0 spiro atoms. The Bertz CT molecular complexity index is 327. The van der Waals surface area contributed by atoms with Crippen LogP contribution in [0.4, 0.5) is 0 Å². The quantitative estimate of drug-likeness (QED) is 0.544. The van der Waals surface area contributed by atoms with E-state index in [0.29, 0.717) is 0 Å². The predicted molar refractivity (Wildman–Crippen MR) is 49.2 cm³/mol. The molecule has 3 nitrogen and oxygen atoms in total. The van der Waals surface area contributed by atoms with Crippen molar-refractivity contribution in [2.45, 2.75) is 13.8 Å². The molecule has 0 radical (unpaired) electrons. The summed E-state index contributed by atoms with van der Waals surface area (Å²) in [7, 11) is 0. The summed E-state index contributed by atoms with van der Waals surface area (Å²) in [5.74, 6) is 0. The highest BCUT2D eigenvalue weighted by Crippen LogP contribution is 2.01. The largest absolute Gasteiger partial charge is 0.213 e. The number of rotatable bonds is 0. The lowest BCUT2D eigenvalue weighted by molar-refractivity contribution is 0.837. The van der Waals surface area contributed by atoms with Gasteiger partial charge in [-0.05, 0) is 12.2 Å². The average Bonchev–Trinajstić information content (AvgIpc) is 2.46. The van der Waals surface area contributed by atoms with E-state index in [-0.39, 0.29) is 0 Å². The van der Waals surface area contributed by atoms with Crippen LogP contribution >= 0.6 is 0 Å². The molecule has 0 amide bonds. The van der Waals surface area contributed by atoms with Crippen LogP contribution in [0.25, 0.3) is 12.3 Å². The molecule has 0 aliphatic carbocycles. The molecule has 0 unspecified atom stereocenters. The number of aromatic nitrogens is 3. The van der Waals surface area contributed by atoms with Crippen molar-refractivity contribution >= 4 is 12.3 Å². The molecule has 62 valence electrons. The zero-order valence-electron chi connectivity index (χ0n) is 7.23. The van der Waals surface area contributed by atoms with E-state index in [1.165, 1.54) is 0 Å². The van der Waals surface area contributed by atoms with E-state index in [4.69, 9.17) is 0 Å². The standard InChI is InChI=1S/C7H5N3.C2H6/c1-2-4-7-6-8-9-10(7)5-3-1;1-2/h1-2,4-6H;1-2H3. The van der Waals surface area contributed by atoms with Crippen LogP contribution < -0.4 is 0 Å². The van der Waals surface area contributed by atoms with Gasteiger partial charge in [-0.2, -0.15) is 0 Å². The Hall–Kier alpha value is -1.60. The van der Waals surface area contributed by atoms with Gasteiger partial charge >= 0.3 is 0 Å².